The molecule has 1 aliphatic rings. The van der Waals surface area contributed by atoms with Crippen molar-refractivity contribution in [1.82, 2.24) is 10.6 Å². The van der Waals surface area contributed by atoms with Gasteiger partial charge in [-0.1, -0.05) is 35.9 Å². The Balaban J connectivity index is 0.00000243. The number of ether oxygens (including phenoxy) is 2. The van der Waals surface area contributed by atoms with Crippen molar-refractivity contribution in [2.45, 2.75) is 19.8 Å². The van der Waals surface area contributed by atoms with E-state index in [2.05, 4.69) is 52.9 Å². The van der Waals surface area contributed by atoms with Crippen LogP contribution in [0.25, 0.3) is 0 Å². The molecule has 1 aliphatic heterocycles. The molecular formula is C20H26IN3O2. The molecule has 2 aromatic rings. The van der Waals surface area contributed by atoms with Crippen molar-refractivity contribution in [3.05, 3.63) is 59.2 Å². The lowest BCUT2D eigenvalue weighted by molar-refractivity contribution is 0.174. The topological polar surface area (TPSA) is 54.9 Å². The van der Waals surface area contributed by atoms with Crippen molar-refractivity contribution in [3.8, 4) is 11.5 Å². The molecule has 0 unspecified atom stereocenters. The second-order valence-electron chi connectivity index (χ2n) is 6.10. The van der Waals surface area contributed by atoms with Crippen molar-refractivity contribution in [3.63, 3.8) is 0 Å². The van der Waals surface area contributed by atoms with Crippen LogP contribution in [0.5, 0.6) is 11.5 Å². The van der Waals surface area contributed by atoms with Crippen LogP contribution in [0.15, 0.2) is 47.5 Å². The van der Waals surface area contributed by atoms with E-state index >= 15 is 0 Å². The number of nitrogens with zero attached hydrogens (tertiary/aromatic N) is 1. The van der Waals surface area contributed by atoms with Crippen molar-refractivity contribution in [2.24, 2.45) is 4.99 Å². The fourth-order valence-electron chi connectivity index (χ4n) is 2.84. The van der Waals surface area contributed by atoms with Crippen LogP contribution < -0.4 is 20.1 Å². The number of aliphatic imine (C=N–C) groups is 1. The molecule has 0 saturated carbocycles. The van der Waals surface area contributed by atoms with E-state index < -0.39 is 0 Å². The zero-order chi connectivity index (χ0) is 17.5. The van der Waals surface area contributed by atoms with Crippen molar-refractivity contribution < 1.29 is 9.47 Å². The second-order valence-corrected chi connectivity index (χ2v) is 6.10. The fraction of sp³-hybridized carbons (Fsp3) is 0.350. The Bertz CT molecular complexity index is 750. The number of benzene rings is 2. The fourth-order valence-corrected chi connectivity index (χ4v) is 2.84. The lowest BCUT2D eigenvalue weighted by atomic mass is 10.1. The molecule has 0 saturated heterocycles. The van der Waals surface area contributed by atoms with Gasteiger partial charge in [-0.25, -0.2) is 0 Å². The summed E-state index contributed by atoms with van der Waals surface area (Å²) in [5.41, 5.74) is 3.85. The van der Waals surface area contributed by atoms with E-state index in [4.69, 9.17) is 9.47 Å². The lowest BCUT2D eigenvalue weighted by Gasteiger charge is -2.12. The van der Waals surface area contributed by atoms with Crippen LogP contribution in [0.3, 0.4) is 0 Å². The SMILES string of the molecule is CN=C(NCCc1cccc(C)c1)NCCc1ccc2c(c1)OCO2.I. The van der Waals surface area contributed by atoms with E-state index in [0.717, 1.165) is 43.4 Å². The van der Waals surface area contributed by atoms with Gasteiger partial charge in [0.15, 0.2) is 17.5 Å². The molecule has 0 aromatic heterocycles. The molecular weight excluding hydrogens is 441 g/mol. The number of aryl methyl sites for hydroxylation is 1. The van der Waals surface area contributed by atoms with Crippen LogP contribution in [0.1, 0.15) is 16.7 Å². The van der Waals surface area contributed by atoms with Gasteiger partial charge in [-0.3, -0.25) is 4.99 Å². The molecule has 0 amide bonds. The Morgan fingerprint density at radius 1 is 0.962 bits per heavy atom. The van der Waals surface area contributed by atoms with E-state index in [9.17, 15) is 0 Å². The number of fused-ring (bicyclic) bond motifs is 1. The Morgan fingerprint density at radius 3 is 2.35 bits per heavy atom. The maximum atomic E-state index is 5.41. The highest BCUT2D eigenvalue weighted by Gasteiger charge is 2.12. The molecule has 3 rings (SSSR count). The zero-order valence-corrected chi connectivity index (χ0v) is 17.6. The third kappa shape index (κ3) is 5.79. The van der Waals surface area contributed by atoms with Gasteiger partial charge in [0.2, 0.25) is 6.79 Å². The van der Waals surface area contributed by atoms with Crippen LogP contribution in [0, 0.1) is 6.92 Å². The van der Waals surface area contributed by atoms with Crippen molar-refractivity contribution >= 4 is 29.9 Å². The molecule has 140 valence electrons. The summed E-state index contributed by atoms with van der Waals surface area (Å²) in [4.78, 5) is 4.28. The molecule has 0 radical (unpaired) electrons. The van der Waals surface area contributed by atoms with Crippen LogP contribution in [0.2, 0.25) is 0 Å². The lowest BCUT2D eigenvalue weighted by Crippen LogP contribution is -2.39. The first-order valence-electron chi connectivity index (χ1n) is 8.63. The zero-order valence-electron chi connectivity index (χ0n) is 15.2. The predicted octanol–water partition coefficient (Wildman–Crippen LogP) is 3.29. The maximum Gasteiger partial charge on any atom is 0.231 e. The summed E-state index contributed by atoms with van der Waals surface area (Å²) >= 11 is 0. The Hall–Kier alpha value is -1.96. The molecule has 0 bridgehead atoms. The van der Waals surface area contributed by atoms with E-state index in [1.165, 1.54) is 16.7 Å². The molecule has 0 spiro atoms. The molecule has 6 heteroatoms. The summed E-state index contributed by atoms with van der Waals surface area (Å²) in [7, 11) is 1.79. The second kappa shape index (κ2) is 10.3. The van der Waals surface area contributed by atoms with Crippen LogP contribution in [-0.2, 0) is 12.8 Å². The largest absolute Gasteiger partial charge is 0.454 e. The summed E-state index contributed by atoms with van der Waals surface area (Å²) in [6.45, 7) is 4.10. The van der Waals surface area contributed by atoms with E-state index in [1.807, 2.05) is 12.1 Å². The molecule has 0 fully saturated rings. The van der Waals surface area contributed by atoms with E-state index in [-0.39, 0.29) is 24.0 Å². The van der Waals surface area contributed by atoms with Gasteiger partial charge in [0, 0.05) is 20.1 Å². The van der Waals surface area contributed by atoms with Crippen LogP contribution >= 0.6 is 24.0 Å². The van der Waals surface area contributed by atoms with Gasteiger partial charge in [-0.15, -0.1) is 24.0 Å². The van der Waals surface area contributed by atoms with E-state index in [0.29, 0.717) is 6.79 Å². The monoisotopic (exact) mass is 467 g/mol. The minimum atomic E-state index is 0. The van der Waals surface area contributed by atoms with Gasteiger partial charge in [0.1, 0.15) is 0 Å². The number of guanidine groups is 1. The molecule has 0 atom stereocenters. The van der Waals surface area contributed by atoms with Gasteiger partial charge in [0.25, 0.3) is 0 Å². The molecule has 5 nitrogen and oxygen atoms in total. The number of nitrogens with one attached hydrogen (secondary N) is 2. The van der Waals surface area contributed by atoms with Gasteiger partial charge >= 0.3 is 0 Å². The summed E-state index contributed by atoms with van der Waals surface area (Å²) in [6.07, 6.45) is 1.87. The molecule has 1 heterocycles. The quantitative estimate of drug-likeness (QED) is 0.389. The number of hydrogen-bond donors (Lipinski definition) is 2. The van der Waals surface area contributed by atoms with Crippen LogP contribution in [-0.4, -0.2) is 32.9 Å². The van der Waals surface area contributed by atoms with Crippen molar-refractivity contribution in [1.29, 1.82) is 0 Å². The summed E-state index contributed by atoms with van der Waals surface area (Å²) in [6, 6.07) is 14.7. The first kappa shape index (κ1) is 20.4. The number of hydrogen-bond acceptors (Lipinski definition) is 3. The average Bonchev–Trinajstić information content (AvgIpc) is 3.08. The number of rotatable bonds is 6. The van der Waals surface area contributed by atoms with E-state index in [1.54, 1.807) is 7.05 Å². The third-order valence-corrected chi connectivity index (χ3v) is 4.16. The summed E-state index contributed by atoms with van der Waals surface area (Å²) in [5, 5.41) is 6.71. The summed E-state index contributed by atoms with van der Waals surface area (Å²) < 4.78 is 10.7. The Kier molecular flexibility index (Phi) is 8.03. The molecule has 2 N–H and O–H groups in total. The third-order valence-electron chi connectivity index (χ3n) is 4.16. The molecule has 0 aliphatic carbocycles. The summed E-state index contributed by atoms with van der Waals surface area (Å²) in [5.74, 6) is 2.48. The highest BCUT2D eigenvalue weighted by atomic mass is 127. The van der Waals surface area contributed by atoms with Gasteiger partial charge in [-0.05, 0) is 43.0 Å². The number of halogens is 1. The predicted molar refractivity (Wildman–Crippen MR) is 116 cm³/mol. The highest BCUT2D eigenvalue weighted by Crippen LogP contribution is 2.32. The minimum absolute atomic E-state index is 0. The van der Waals surface area contributed by atoms with Crippen LogP contribution in [0.4, 0.5) is 0 Å². The minimum Gasteiger partial charge on any atom is -0.454 e. The maximum absolute atomic E-state index is 5.41. The molecule has 26 heavy (non-hydrogen) atoms. The highest BCUT2D eigenvalue weighted by molar-refractivity contribution is 14.0. The van der Waals surface area contributed by atoms with Gasteiger partial charge in [-0.2, -0.15) is 0 Å². The first-order chi connectivity index (χ1) is 12.2. The van der Waals surface area contributed by atoms with Gasteiger partial charge < -0.3 is 20.1 Å². The van der Waals surface area contributed by atoms with Gasteiger partial charge in [0.05, 0.1) is 0 Å². The Labute approximate surface area is 172 Å². The standard InChI is InChI=1S/C20H25N3O2.HI/c1-15-4-3-5-16(12-15)8-10-22-20(21-2)23-11-9-17-6-7-18-19(13-17)25-14-24-18;/h3-7,12-13H,8-11,14H2,1-2H3,(H2,21,22,23);1H. The first-order valence-corrected chi connectivity index (χ1v) is 8.63. The smallest absolute Gasteiger partial charge is 0.231 e. The molecule has 2 aromatic carbocycles. The normalized spacial score (nSPS) is 12.5. The Morgan fingerprint density at radius 2 is 1.65 bits per heavy atom. The van der Waals surface area contributed by atoms with Crippen molar-refractivity contribution in [2.75, 3.05) is 26.9 Å². The average molecular weight is 467 g/mol.